The van der Waals surface area contributed by atoms with E-state index in [1.807, 2.05) is 12.1 Å². The van der Waals surface area contributed by atoms with Crippen LogP contribution in [0.5, 0.6) is 0 Å². The number of halogens is 1. The number of hydrogen-bond acceptors (Lipinski definition) is 3. The van der Waals surface area contributed by atoms with Crippen LogP contribution in [0.25, 0.3) is 0 Å². The Bertz CT molecular complexity index is 1210. The zero-order valence-corrected chi connectivity index (χ0v) is 18.2. The van der Waals surface area contributed by atoms with E-state index in [0.29, 0.717) is 30.9 Å². The van der Waals surface area contributed by atoms with E-state index in [2.05, 4.69) is 16.0 Å². The van der Waals surface area contributed by atoms with E-state index in [-0.39, 0.29) is 24.3 Å². The first-order valence-electron chi connectivity index (χ1n) is 10.6. The zero-order valence-electron chi connectivity index (χ0n) is 18.2. The van der Waals surface area contributed by atoms with Crippen molar-refractivity contribution < 1.29 is 23.9 Å². The number of hydrogen-bond donors (Lipinski definition) is 4. The number of carboxylic acid groups (broad SMARTS) is 1. The van der Waals surface area contributed by atoms with Crippen LogP contribution in [0.3, 0.4) is 0 Å². The monoisotopic (exact) mass is 462 g/mol. The van der Waals surface area contributed by atoms with Gasteiger partial charge in [0.15, 0.2) is 0 Å². The number of nitrogens with zero attached hydrogens (tertiary/aromatic N) is 1. The van der Waals surface area contributed by atoms with E-state index in [4.69, 9.17) is 5.11 Å². The average Bonchev–Trinajstić information content (AvgIpc) is 3.26. The lowest BCUT2D eigenvalue weighted by atomic mass is 10.1. The lowest BCUT2D eigenvalue weighted by Crippen LogP contribution is -2.30. The van der Waals surface area contributed by atoms with Gasteiger partial charge in [0, 0.05) is 37.4 Å². The first-order valence-corrected chi connectivity index (χ1v) is 10.6. The number of nitrogens with one attached hydrogen (secondary N) is 3. The molecule has 0 unspecified atom stereocenters. The molecule has 1 aliphatic heterocycles. The topological polar surface area (TPSA) is 111 Å². The van der Waals surface area contributed by atoms with Crippen molar-refractivity contribution in [2.75, 3.05) is 5.32 Å². The van der Waals surface area contributed by atoms with Crippen molar-refractivity contribution >= 4 is 23.7 Å². The van der Waals surface area contributed by atoms with Crippen LogP contribution in [0.15, 0.2) is 66.7 Å². The van der Waals surface area contributed by atoms with Gasteiger partial charge >= 0.3 is 12.1 Å². The van der Waals surface area contributed by atoms with E-state index in [9.17, 15) is 18.8 Å². The minimum absolute atomic E-state index is 0.216. The van der Waals surface area contributed by atoms with Crippen LogP contribution in [0.2, 0.25) is 0 Å². The quantitative estimate of drug-likeness (QED) is 0.443. The Balaban J connectivity index is 1.26. The fraction of sp³-hybridized carbons (Fsp3) is 0.160. The molecule has 9 heteroatoms. The predicted molar refractivity (Wildman–Crippen MR) is 124 cm³/mol. The third-order valence-corrected chi connectivity index (χ3v) is 5.50. The summed E-state index contributed by atoms with van der Waals surface area (Å²) in [5.41, 5.74) is 4.42. The number of anilines is 1. The maximum atomic E-state index is 13.4. The fourth-order valence-electron chi connectivity index (χ4n) is 3.65. The van der Waals surface area contributed by atoms with Crippen molar-refractivity contribution in [2.45, 2.75) is 26.2 Å². The Hall–Kier alpha value is -4.40. The SMILES string of the molecule is O=C(O)NCc1ccc(CNC(=O)c2ccc(NC(=O)N3Cc4ccc(F)cc4C3)cc2)cc1. The number of urea groups is 1. The van der Waals surface area contributed by atoms with E-state index in [0.717, 1.165) is 22.3 Å². The van der Waals surface area contributed by atoms with Gasteiger partial charge in [-0.25, -0.2) is 14.0 Å². The standard InChI is InChI=1S/C25H23FN4O4/c26-21-8-5-19-14-30(15-20(19)11-21)24(32)29-22-9-6-18(7-10-22)23(31)27-12-16-1-3-17(4-2-16)13-28-25(33)34/h1-11,28H,12-15H2,(H,27,31)(H,29,32)(H,33,34). The van der Waals surface area contributed by atoms with E-state index in [1.54, 1.807) is 47.4 Å². The predicted octanol–water partition coefficient (Wildman–Crippen LogP) is 4.07. The van der Waals surface area contributed by atoms with Crippen molar-refractivity contribution in [2.24, 2.45) is 0 Å². The molecule has 174 valence electrons. The molecule has 0 fully saturated rings. The highest BCUT2D eigenvalue weighted by molar-refractivity contribution is 5.95. The molecule has 4 N–H and O–H groups in total. The minimum atomic E-state index is -1.08. The van der Waals surface area contributed by atoms with Gasteiger partial charge in [-0.2, -0.15) is 0 Å². The van der Waals surface area contributed by atoms with Gasteiger partial charge in [-0.1, -0.05) is 30.3 Å². The first kappa shape index (κ1) is 22.8. The van der Waals surface area contributed by atoms with Gasteiger partial charge in [-0.3, -0.25) is 4.79 Å². The van der Waals surface area contributed by atoms with Crippen LogP contribution in [0.1, 0.15) is 32.6 Å². The molecular weight excluding hydrogens is 439 g/mol. The molecule has 0 atom stereocenters. The maximum Gasteiger partial charge on any atom is 0.404 e. The van der Waals surface area contributed by atoms with Crippen LogP contribution in [0, 0.1) is 5.82 Å². The molecule has 0 aromatic heterocycles. The van der Waals surface area contributed by atoms with Crippen molar-refractivity contribution in [3.8, 4) is 0 Å². The molecule has 0 spiro atoms. The molecular formula is C25H23FN4O4. The Morgan fingerprint density at radius 3 is 2.09 bits per heavy atom. The summed E-state index contributed by atoms with van der Waals surface area (Å²) in [5, 5.41) is 16.6. The first-order chi connectivity index (χ1) is 16.4. The summed E-state index contributed by atoms with van der Waals surface area (Å²) < 4.78 is 13.4. The van der Waals surface area contributed by atoms with Crippen LogP contribution in [-0.4, -0.2) is 28.0 Å². The molecule has 1 aliphatic rings. The Kier molecular flexibility index (Phi) is 6.72. The second-order valence-electron chi connectivity index (χ2n) is 7.93. The summed E-state index contributed by atoms with van der Waals surface area (Å²) in [4.78, 5) is 37.1. The Morgan fingerprint density at radius 2 is 1.44 bits per heavy atom. The minimum Gasteiger partial charge on any atom is -0.465 e. The molecule has 34 heavy (non-hydrogen) atoms. The second kappa shape index (κ2) is 10.0. The fourth-order valence-corrected chi connectivity index (χ4v) is 3.65. The number of rotatable bonds is 6. The van der Waals surface area contributed by atoms with Crippen molar-refractivity contribution in [3.63, 3.8) is 0 Å². The maximum absolute atomic E-state index is 13.4. The average molecular weight is 462 g/mol. The van der Waals surface area contributed by atoms with Crippen LogP contribution < -0.4 is 16.0 Å². The Labute approximate surface area is 195 Å². The molecule has 0 radical (unpaired) electrons. The lowest BCUT2D eigenvalue weighted by Gasteiger charge is -2.16. The number of carbonyl (C=O) groups excluding carboxylic acids is 2. The number of carbonyl (C=O) groups is 3. The normalized spacial score (nSPS) is 12.1. The van der Waals surface area contributed by atoms with Gasteiger partial charge in [-0.15, -0.1) is 0 Å². The molecule has 0 bridgehead atoms. The largest absolute Gasteiger partial charge is 0.465 e. The Morgan fingerprint density at radius 1 is 0.824 bits per heavy atom. The van der Waals surface area contributed by atoms with Crippen molar-refractivity contribution in [1.29, 1.82) is 0 Å². The molecule has 3 aromatic carbocycles. The summed E-state index contributed by atoms with van der Waals surface area (Å²) in [6.45, 7) is 1.30. The van der Waals surface area contributed by atoms with E-state index >= 15 is 0 Å². The number of fused-ring (bicyclic) bond motifs is 1. The summed E-state index contributed by atoms with van der Waals surface area (Å²) in [5.74, 6) is -0.577. The molecule has 4 amide bonds. The molecule has 8 nitrogen and oxygen atoms in total. The molecule has 0 saturated carbocycles. The summed E-state index contributed by atoms with van der Waals surface area (Å²) >= 11 is 0. The molecule has 4 rings (SSSR count). The van der Waals surface area contributed by atoms with Crippen molar-refractivity contribution in [1.82, 2.24) is 15.5 Å². The molecule has 0 aliphatic carbocycles. The second-order valence-corrected chi connectivity index (χ2v) is 7.93. The highest BCUT2D eigenvalue weighted by atomic mass is 19.1. The van der Waals surface area contributed by atoms with Gasteiger partial charge in [0.2, 0.25) is 0 Å². The third-order valence-electron chi connectivity index (χ3n) is 5.50. The highest BCUT2D eigenvalue weighted by Gasteiger charge is 2.23. The van der Waals surface area contributed by atoms with Crippen molar-refractivity contribution in [3.05, 3.63) is 100 Å². The highest BCUT2D eigenvalue weighted by Crippen LogP contribution is 2.24. The smallest absolute Gasteiger partial charge is 0.404 e. The summed E-state index contributed by atoms with van der Waals surface area (Å²) in [6.07, 6.45) is -1.08. The number of benzene rings is 3. The van der Waals surface area contributed by atoms with Crippen LogP contribution in [0.4, 0.5) is 19.7 Å². The van der Waals surface area contributed by atoms with Crippen LogP contribution in [-0.2, 0) is 26.2 Å². The third kappa shape index (κ3) is 5.69. The molecule has 3 aromatic rings. The summed E-state index contributed by atoms with van der Waals surface area (Å²) in [6, 6.07) is 18.0. The van der Waals surface area contributed by atoms with Crippen LogP contribution >= 0.6 is 0 Å². The van der Waals surface area contributed by atoms with Gasteiger partial charge in [0.05, 0.1) is 0 Å². The molecule has 1 heterocycles. The van der Waals surface area contributed by atoms with E-state index < -0.39 is 6.09 Å². The lowest BCUT2D eigenvalue weighted by molar-refractivity contribution is 0.0951. The summed E-state index contributed by atoms with van der Waals surface area (Å²) in [7, 11) is 0. The zero-order chi connectivity index (χ0) is 24.1. The number of amides is 4. The molecule has 0 saturated heterocycles. The van der Waals surface area contributed by atoms with Gasteiger partial charge < -0.3 is 26.0 Å². The van der Waals surface area contributed by atoms with Gasteiger partial charge in [0.1, 0.15) is 5.82 Å². The van der Waals surface area contributed by atoms with E-state index in [1.165, 1.54) is 12.1 Å². The van der Waals surface area contributed by atoms with Gasteiger partial charge in [-0.05, 0) is 58.7 Å². The van der Waals surface area contributed by atoms with Gasteiger partial charge in [0.25, 0.3) is 5.91 Å².